The average molecular weight is 229 g/mol. The Balaban J connectivity index is 1.86. The van der Waals surface area contributed by atoms with Gasteiger partial charge in [0, 0.05) is 12.6 Å². The van der Waals surface area contributed by atoms with E-state index in [9.17, 15) is 0 Å². The zero-order valence-electron chi connectivity index (χ0n) is 10.6. The summed E-state index contributed by atoms with van der Waals surface area (Å²) in [6, 6.07) is 11.4. The molecule has 17 heavy (non-hydrogen) atoms. The molecule has 2 atom stereocenters. The number of rotatable bonds is 5. The van der Waals surface area contributed by atoms with Crippen LogP contribution in [0.5, 0.6) is 0 Å². The first-order valence-corrected chi connectivity index (χ1v) is 6.78. The lowest BCUT2D eigenvalue weighted by Gasteiger charge is -2.31. The van der Waals surface area contributed by atoms with Gasteiger partial charge in [0.15, 0.2) is 0 Å². The van der Waals surface area contributed by atoms with Gasteiger partial charge in [-0.05, 0) is 30.7 Å². The minimum atomic E-state index is 0.682. The van der Waals surface area contributed by atoms with Crippen LogP contribution < -0.4 is 5.32 Å². The highest BCUT2D eigenvalue weighted by Gasteiger charge is 2.23. The molecule has 1 aliphatic rings. The fraction of sp³-hybridized carbons (Fsp3) is 0.500. The largest absolute Gasteiger partial charge is 0.310 e. The number of benzene rings is 1. The summed E-state index contributed by atoms with van der Waals surface area (Å²) in [5, 5.41) is 3.72. The van der Waals surface area contributed by atoms with Crippen molar-refractivity contribution in [3.8, 4) is 0 Å². The van der Waals surface area contributed by atoms with E-state index >= 15 is 0 Å². The first-order chi connectivity index (χ1) is 8.40. The number of allylic oxidation sites excluding steroid dienone is 1. The normalized spacial score (nSPS) is 24.5. The van der Waals surface area contributed by atoms with Crippen LogP contribution in [-0.4, -0.2) is 6.04 Å². The average Bonchev–Trinajstić information content (AvgIpc) is 2.39. The van der Waals surface area contributed by atoms with Crippen molar-refractivity contribution in [2.75, 3.05) is 0 Å². The van der Waals surface area contributed by atoms with E-state index in [1.54, 1.807) is 0 Å². The van der Waals surface area contributed by atoms with Crippen LogP contribution in [0, 0.1) is 5.92 Å². The maximum atomic E-state index is 3.88. The second-order valence-electron chi connectivity index (χ2n) is 5.04. The van der Waals surface area contributed by atoms with Crippen molar-refractivity contribution >= 4 is 0 Å². The summed E-state index contributed by atoms with van der Waals surface area (Å²) in [4.78, 5) is 0. The highest BCUT2D eigenvalue weighted by atomic mass is 14.9. The van der Waals surface area contributed by atoms with E-state index in [2.05, 4.69) is 48.3 Å². The van der Waals surface area contributed by atoms with Crippen LogP contribution in [0.1, 0.15) is 37.7 Å². The van der Waals surface area contributed by atoms with Gasteiger partial charge >= 0.3 is 0 Å². The fourth-order valence-corrected chi connectivity index (χ4v) is 2.82. The summed E-state index contributed by atoms with van der Waals surface area (Å²) in [6.45, 7) is 4.88. The minimum Gasteiger partial charge on any atom is -0.310 e. The summed E-state index contributed by atoms with van der Waals surface area (Å²) in [5.74, 6) is 0.796. The second-order valence-corrected chi connectivity index (χ2v) is 5.04. The number of hydrogen-bond acceptors (Lipinski definition) is 1. The highest BCUT2D eigenvalue weighted by molar-refractivity contribution is 5.14. The Labute approximate surface area is 105 Å². The van der Waals surface area contributed by atoms with Crippen LogP contribution >= 0.6 is 0 Å². The third-order valence-electron chi connectivity index (χ3n) is 3.79. The predicted molar refractivity (Wildman–Crippen MR) is 73.8 cm³/mol. The third-order valence-corrected chi connectivity index (χ3v) is 3.79. The molecule has 0 saturated heterocycles. The molecular formula is C16H23N. The maximum Gasteiger partial charge on any atom is 0.0208 e. The predicted octanol–water partition coefficient (Wildman–Crippen LogP) is 3.91. The molecule has 1 aliphatic carbocycles. The van der Waals surface area contributed by atoms with Gasteiger partial charge in [-0.15, -0.1) is 6.58 Å². The topological polar surface area (TPSA) is 12.0 Å². The third kappa shape index (κ3) is 3.71. The van der Waals surface area contributed by atoms with Gasteiger partial charge in [0.25, 0.3) is 0 Å². The Morgan fingerprint density at radius 3 is 2.71 bits per heavy atom. The lowest BCUT2D eigenvalue weighted by atomic mass is 9.82. The van der Waals surface area contributed by atoms with Crippen molar-refractivity contribution in [2.45, 2.75) is 44.7 Å². The van der Waals surface area contributed by atoms with E-state index < -0.39 is 0 Å². The van der Waals surface area contributed by atoms with Gasteiger partial charge < -0.3 is 5.32 Å². The maximum absolute atomic E-state index is 3.88. The van der Waals surface area contributed by atoms with Gasteiger partial charge in [-0.3, -0.25) is 0 Å². The number of hydrogen-bond donors (Lipinski definition) is 1. The lowest BCUT2D eigenvalue weighted by Crippen LogP contribution is -2.37. The summed E-state index contributed by atoms with van der Waals surface area (Å²) in [7, 11) is 0. The fourth-order valence-electron chi connectivity index (χ4n) is 2.82. The Morgan fingerprint density at radius 2 is 1.94 bits per heavy atom. The standard InChI is InChI=1S/C16H23N/c1-2-8-15-11-6-7-12-16(15)17-13-14-9-4-3-5-10-14/h2-5,9-10,15-17H,1,6-8,11-13H2/t15-,16-/m1/s1. The van der Waals surface area contributed by atoms with E-state index in [0.29, 0.717) is 6.04 Å². The van der Waals surface area contributed by atoms with Crippen LogP contribution in [0.2, 0.25) is 0 Å². The van der Waals surface area contributed by atoms with Crippen molar-refractivity contribution in [1.82, 2.24) is 5.32 Å². The van der Waals surface area contributed by atoms with Crippen molar-refractivity contribution in [2.24, 2.45) is 5.92 Å². The molecule has 0 amide bonds. The highest BCUT2D eigenvalue weighted by Crippen LogP contribution is 2.27. The molecule has 1 aromatic rings. The van der Waals surface area contributed by atoms with E-state index in [0.717, 1.165) is 18.9 Å². The molecule has 1 fully saturated rings. The van der Waals surface area contributed by atoms with Crippen LogP contribution in [-0.2, 0) is 6.54 Å². The Bertz CT molecular complexity index is 331. The molecule has 0 aromatic heterocycles. The lowest BCUT2D eigenvalue weighted by molar-refractivity contribution is 0.262. The second kappa shape index (κ2) is 6.61. The quantitative estimate of drug-likeness (QED) is 0.755. The summed E-state index contributed by atoms with van der Waals surface area (Å²) < 4.78 is 0. The Kier molecular flexibility index (Phi) is 4.81. The molecule has 1 aromatic carbocycles. The SMILES string of the molecule is C=CC[C@@H]1CCCC[C@H]1NCc1ccccc1. The van der Waals surface area contributed by atoms with Crippen molar-refractivity contribution in [3.05, 3.63) is 48.6 Å². The first kappa shape index (κ1) is 12.4. The number of nitrogens with one attached hydrogen (secondary N) is 1. The smallest absolute Gasteiger partial charge is 0.0208 e. The van der Waals surface area contributed by atoms with Gasteiger partial charge in [-0.1, -0.05) is 49.2 Å². The molecule has 0 bridgehead atoms. The van der Waals surface area contributed by atoms with Crippen molar-refractivity contribution < 1.29 is 0 Å². The molecule has 1 N–H and O–H groups in total. The van der Waals surface area contributed by atoms with Gasteiger partial charge in [0.2, 0.25) is 0 Å². The molecule has 0 heterocycles. The summed E-state index contributed by atoms with van der Waals surface area (Å²) >= 11 is 0. The Hall–Kier alpha value is -1.08. The molecule has 1 nitrogen and oxygen atoms in total. The summed E-state index contributed by atoms with van der Waals surface area (Å²) in [5.41, 5.74) is 1.38. The molecule has 1 saturated carbocycles. The van der Waals surface area contributed by atoms with Gasteiger partial charge in [0.05, 0.1) is 0 Å². The van der Waals surface area contributed by atoms with E-state index in [1.807, 2.05) is 0 Å². The molecule has 2 rings (SSSR count). The van der Waals surface area contributed by atoms with Crippen LogP contribution in [0.4, 0.5) is 0 Å². The van der Waals surface area contributed by atoms with Crippen LogP contribution in [0.15, 0.2) is 43.0 Å². The van der Waals surface area contributed by atoms with E-state index in [4.69, 9.17) is 0 Å². The zero-order chi connectivity index (χ0) is 11.9. The molecular weight excluding hydrogens is 206 g/mol. The van der Waals surface area contributed by atoms with E-state index in [-0.39, 0.29) is 0 Å². The van der Waals surface area contributed by atoms with Crippen molar-refractivity contribution in [3.63, 3.8) is 0 Å². The van der Waals surface area contributed by atoms with Gasteiger partial charge in [0.1, 0.15) is 0 Å². The molecule has 1 heteroatoms. The first-order valence-electron chi connectivity index (χ1n) is 6.78. The molecule has 0 aliphatic heterocycles. The van der Waals surface area contributed by atoms with Gasteiger partial charge in [-0.2, -0.15) is 0 Å². The summed E-state index contributed by atoms with van der Waals surface area (Å²) in [6.07, 6.45) is 8.69. The van der Waals surface area contributed by atoms with Crippen molar-refractivity contribution in [1.29, 1.82) is 0 Å². The van der Waals surface area contributed by atoms with Crippen LogP contribution in [0.3, 0.4) is 0 Å². The van der Waals surface area contributed by atoms with E-state index in [1.165, 1.54) is 31.2 Å². The Morgan fingerprint density at radius 1 is 1.18 bits per heavy atom. The molecule has 0 spiro atoms. The monoisotopic (exact) mass is 229 g/mol. The molecule has 92 valence electrons. The zero-order valence-corrected chi connectivity index (χ0v) is 10.6. The van der Waals surface area contributed by atoms with Crippen LogP contribution in [0.25, 0.3) is 0 Å². The molecule has 0 radical (unpaired) electrons. The minimum absolute atomic E-state index is 0.682. The molecule has 0 unspecified atom stereocenters. The van der Waals surface area contributed by atoms with Gasteiger partial charge in [-0.25, -0.2) is 0 Å².